The third-order valence-corrected chi connectivity index (χ3v) is 4.48. The third kappa shape index (κ3) is 6.06. The molecule has 2 N–H and O–H groups in total. The molecule has 2 atom stereocenters. The molecule has 1 aromatic carbocycles. The van der Waals surface area contributed by atoms with Gasteiger partial charge in [0.2, 0.25) is 5.88 Å². The van der Waals surface area contributed by atoms with Crippen LogP contribution >= 0.6 is 0 Å². The van der Waals surface area contributed by atoms with Crippen LogP contribution in [0.1, 0.15) is 49.8 Å². The lowest BCUT2D eigenvalue weighted by molar-refractivity contribution is -0.222. The van der Waals surface area contributed by atoms with Gasteiger partial charge in [0.25, 0.3) is 0 Å². The first-order chi connectivity index (χ1) is 14.2. The van der Waals surface area contributed by atoms with E-state index in [-0.39, 0.29) is 41.9 Å². The van der Waals surface area contributed by atoms with Gasteiger partial charge in [0.1, 0.15) is 5.82 Å². The summed E-state index contributed by atoms with van der Waals surface area (Å²) < 4.78 is 50.8. The van der Waals surface area contributed by atoms with Crippen molar-refractivity contribution in [3.8, 4) is 5.88 Å². The lowest BCUT2D eigenvalue weighted by atomic mass is 9.91. The van der Waals surface area contributed by atoms with E-state index >= 15 is 0 Å². The minimum atomic E-state index is -4.63. The Bertz CT molecular complexity index is 844. The van der Waals surface area contributed by atoms with Crippen molar-refractivity contribution < 1.29 is 32.5 Å². The zero-order chi connectivity index (χ0) is 22.3. The van der Waals surface area contributed by atoms with E-state index in [4.69, 9.17) is 14.6 Å². The largest absolute Gasteiger partial charge is 0.481 e. The molecule has 30 heavy (non-hydrogen) atoms. The second kappa shape index (κ2) is 10.2. The van der Waals surface area contributed by atoms with E-state index in [1.807, 2.05) is 6.92 Å². The highest BCUT2D eigenvalue weighted by molar-refractivity contribution is 5.69. The molecular weight excluding hydrogens is 403 g/mol. The van der Waals surface area contributed by atoms with Gasteiger partial charge in [0, 0.05) is 17.9 Å². The van der Waals surface area contributed by atoms with Gasteiger partial charge in [-0.15, -0.1) is 0 Å². The van der Waals surface area contributed by atoms with Crippen molar-refractivity contribution in [3.63, 3.8) is 0 Å². The lowest BCUT2D eigenvalue weighted by Gasteiger charge is -2.25. The molecule has 164 valence electrons. The third-order valence-electron chi connectivity index (χ3n) is 4.48. The number of benzene rings is 1. The minimum absolute atomic E-state index is 0.117. The molecule has 2 rings (SSSR count). The number of rotatable bonds is 10. The standard InChI is InChI=1S/C20H24F3N3O4/c1-4-12(9-18(27)28)13-6-7-14(19(30-5-2)20(21,22)23)15(8-13)26-16-10-25-17(29-3)11-24-16/h6-8,10-12,19H,4-5,9H2,1-3H3,(H,24,26)(H,27,28)/t12?,19-/m0/s1. The summed E-state index contributed by atoms with van der Waals surface area (Å²) in [4.78, 5) is 19.2. The summed E-state index contributed by atoms with van der Waals surface area (Å²) in [5.74, 6) is -0.873. The van der Waals surface area contributed by atoms with E-state index < -0.39 is 18.2 Å². The van der Waals surface area contributed by atoms with Gasteiger partial charge in [0.05, 0.1) is 25.9 Å². The number of carboxylic acid groups (broad SMARTS) is 1. The number of hydrogen-bond acceptors (Lipinski definition) is 6. The van der Waals surface area contributed by atoms with Crippen molar-refractivity contribution in [2.45, 2.75) is 44.9 Å². The summed E-state index contributed by atoms with van der Waals surface area (Å²) in [6.07, 6.45) is -3.75. The van der Waals surface area contributed by atoms with Crippen LogP contribution in [0.25, 0.3) is 0 Å². The van der Waals surface area contributed by atoms with E-state index in [1.54, 1.807) is 0 Å². The maximum atomic E-state index is 13.6. The normalized spacial score (nSPS) is 13.5. The van der Waals surface area contributed by atoms with Crippen LogP contribution < -0.4 is 10.1 Å². The fourth-order valence-electron chi connectivity index (χ4n) is 3.02. The molecule has 1 aromatic heterocycles. The fourth-order valence-corrected chi connectivity index (χ4v) is 3.02. The van der Waals surface area contributed by atoms with Crippen molar-refractivity contribution in [3.05, 3.63) is 41.7 Å². The van der Waals surface area contributed by atoms with Crippen molar-refractivity contribution in [1.82, 2.24) is 9.97 Å². The Morgan fingerprint density at radius 2 is 1.97 bits per heavy atom. The van der Waals surface area contributed by atoms with Gasteiger partial charge in [-0.1, -0.05) is 19.1 Å². The smallest absolute Gasteiger partial charge is 0.418 e. The highest BCUT2D eigenvalue weighted by Crippen LogP contribution is 2.41. The molecule has 1 heterocycles. The number of halogens is 3. The number of hydrogen-bond donors (Lipinski definition) is 2. The molecule has 0 saturated heterocycles. The Balaban J connectivity index is 2.52. The summed E-state index contributed by atoms with van der Waals surface area (Å²) >= 11 is 0. The van der Waals surface area contributed by atoms with Crippen LogP contribution in [0.5, 0.6) is 5.88 Å². The van der Waals surface area contributed by atoms with Crippen LogP contribution in [0, 0.1) is 0 Å². The number of carboxylic acids is 1. The first-order valence-electron chi connectivity index (χ1n) is 9.36. The average molecular weight is 427 g/mol. The van der Waals surface area contributed by atoms with E-state index in [0.717, 1.165) is 0 Å². The van der Waals surface area contributed by atoms with E-state index in [9.17, 15) is 18.0 Å². The number of anilines is 2. The number of aromatic nitrogens is 2. The van der Waals surface area contributed by atoms with Crippen molar-refractivity contribution in [2.75, 3.05) is 19.0 Å². The van der Waals surface area contributed by atoms with Crippen LogP contribution in [0.2, 0.25) is 0 Å². The predicted molar refractivity (Wildman–Crippen MR) is 104 cm³/mol. The molecule has 0 aliphatic carbocycles. The molecule has 0 saturated carbocycles. The molecular formula is C20H24F3N3O4. The van der Waals surface area contributed by atoms with Crippen LogP contribution in [-0.4, -0.2) is 40.9 Å². The van der Waals surface area contributed by atoms with Gasteiger partial charge in [-0.2, -0.15) is 13.2 Å². The SMILES string of the molecule is CCO[C@@H](c1ccc(C(CC)CC(=O)O)cc1Nc1cnc(OC)cn1)C(F)(F)F. The number of carbonyl (C=O) groups is 1. The minimum Gasteiger partial charge on any atom is -0.481 e. The predicted octanol–water partition coefficient (Wildman–Crippen LogP) is 4.84. The van der Waals surface area contributed by atoms with Gasteiger partial charge in [-0.3, -0.25) is 4.79 Å². The quantitative estimate of drug-likeness (QED) is 0.560. The molecule has 1 unspecified atom stereocenters. The number of methoxy groups -OCH3 is 1. The van der Waals surface area contributed by atoms with Crippen LogP contribution in [-0.2, 0) is 9.53 Å². The van der Waals surface area contributed by atoms with Crippen molar-refractivity contribution in [1.29, 1.82) is 0 Å². The first kappa shape index (κ1) is 23.4. The number of ether oxygens (including phenoxy) is 2. The Morgan fingerprint density at radius 3 is 2.47 bits per heavy atom. The average Bonchev–Trinajstić information content (AvgIpc) is 2.70. The van der Waals surface area contributed by atoms with Gasteiger partial charge in [-0.05, 0) is 30.9 Å². The molecule has 0 aliphatic rings. The molecule has 0 amide bonds. The number of nitrogens with zero attached hydrogens (tertiary/aromatic N) is 2. The maximum Gasteiger partial charge on any atom is 0.418 e. The second-order valence-electron chi connectivity index (χ2n) is 6.50. The van der Waals surface area contributed by atoms with Crippen molar-refractivity contribution >= 4 is 17.5 Å². The highest BCUT2D eigenvalue weighted by atomic mass is 19.4. The molecule has 0 radical (unpaired) electrons. The van der Waals surface area contributed by atoms with Crippen LogP contribution in [0.15, 0.2) is 30.6 Å². The number of alkyl halides is 3. The van der Waals surface area contributed by atoms with Crippen molar-refractivity contribution in [2.24, 2.45) is 0 Å². The summed E-state index contributed by atoms with van der Waals surface area (Å²) in [7, 11) is 1.42. The Morgan fingerprint density at radius 1 is 1.23 bits per heavy atom. The fraction of sp³-hybridized carbons (Fsp3) is 0.450. The second-order valence-corrected chi connectivity index (χ2v) is 6.50. The van der Waals surface area contributed by atoms with Gasteiger partial charge in [0.15, 0.2) is 6.10 Å². The van der Waals surface area contributed by atoms with Gasteiger partial charge >= 0.3 is 12.1 Å². The van der Waals surface area contributed by atoms with E-state index in [2.05, 4.69) is 15.3 Å². The number of nitrogens with one attached hydrogen (secondary N) is 1. The Labute approximate surface area is 172 Å². The molecule has 10 heteroatoms. The van der Waals surface area contributed by atoms with Crippen LogP contribution in [0.4, 0.5) is 24.7 Å². The molecule has 0 fully saturated rings. The zero-order valence-electron chi connectivity index (χ0n) is 16.9. The molecule has 0 aliphatic heterocycles. The lowest BCUT2D eigenvalue weighted by Crippen LogP contribution is -2.24. The molecule has 0 spiro atoms. The molecule has 0 bridgehead atoms. The van der Waals surface area contributed by atoms with E-state index in [0.29, 0.717) is 12.0 Å². The Kier molecular flexibility index (Phi) is 7.99. The monoisotopic (exact) mass is 427 g/mol. The summed E-state index contributed by atoms with van der Waals surface area (Å²) in [6, 6.07) is 4.33. The van der Waals surface area contributed by atoms with Crippen LogP contribution in [0.3, 0.4) is 0 Å². The number of aliphatic carboxylic acids is 1. The maximum absolute atomic E-state index is 13.6. The molecule has 7 nitrogen and oxygen atoms in total. The highest BCUT2D eigenvalue weighted by Gasteiger charge is 2.43. The van der Waals surface area contributed by atoms with Gasteiger partial charge < -0.3 is 19.9 Å². The zero-order valence-corrected chi connectivity index (χ0v) is 16.9. The Hall–Kier alpha value is -2.88. The van der Waals surface area contributed by atoms with E-state index in [1.165, 1.54) is 44.6 Å². The summed E-state index contributed by atoms with van der Waals surface area (Å²) in [5, 5.41) is 12.0. The van der Waals surface area contributed by atoms with Gasteiger partial charge in [-0.25, -0.2) is 9.97 Å². The first-order valence-corrected chi connectivity index (χ1v) is 9.36. The molecule has 2 aromatic rings. The summed E-state index contributed by atoms with van der Waals surface area (Å²) in [5.41, 5.74) is 0.590. The topological polar surface area (TPSA) is 93.6 Å². The summed E-state index contributed by atoms with van der Waals surface area (Å²) in [6.45, 7) is 3.17.